The number of carbonyl (C=O) groups excluding carboxylic acids is 1. The van der Waals surface area contributed by atoms with Crippen molar-refractivity contribution < 1.29 is 9.18 Å². The minimum atomic E-state index is -0.236. The maximum absolute atomic E-state index is 13.4. The maximum Gasteiger partial charge on any atom is 0.239 e. The smallest absolute Gasteiger partial charge is 0.239 e. The molecule has 0 atom stereocenters. The highest BCUT2D eigenvalue weighted by molar-refractivity contribution is 9.10. The van der Waals surface area contributed by atoms with Gasteiger partial charge in [0.05, 0.1) is 6.54 Å². The summed E-state index contributed by atoms with van der Waals surface area (Å²) in [6.07, 6.45) is 0.482. The summed E-state index contributed by atoms with van der Waals surface area (Å²) in [4.78, 5) is 11.8. The van der Waals surface area contributed by atoms with E-state index >= 15 is 0 Å². The van der Waals surface area contributed by atoms with Crippen LogP contribution in [0.4, 0.5) is 10.1 Å². The molecule has 0 aromatic heterocycles. The fraction of sp³-hybridized carbons (Fsp3) is 0.235. The first-order valence-electron chi connectivity index (χ1n) is 7.06. The number of nitrogens with one attached hydrogen (secondary N) is 2. The third kappa shape index (κ3) is 4.84. The predicted molar refractivity (Wildman–Crippen MR) is 90.5 cm³/mol. The van der Waals surface area contributed by atoms with Crippen molar-refractivity contribution in [2.24, 2.45) is 0 Å². The lowest BCUT2D eigenvalue weighted by molar-refractivity contribution is -0.119. The minimum absolute atomic E-state index is 0.114. The Kier molecular flexibility index (Phi) is 5.95. The lowest BCUT2D eigenvalue weighted by atomic mass is 10.1. The summed E-state index contributed by atoms with van der Waals surface area (Å²) in [5.41, 5.74) is 2.61. The summed E-state index contributed by atoms with van der Waals surface area (Å²) in [7, 11) is 0. The number of rotatable bonds is 6. The average Bonchev–Trinajstić information content (AvgIpc) is 2.50. The van der Waals surface area contributed by atoms with E-state index in [1.54, 1.807) is 18.2 Å². The molecule has 0 heterocycles. The van der Waals surface area contributed by atoms with E-state index in [1.165, 1.54) is 6.07 Å². The van der Waals surface area contributed by atoms with Gasteiger partial charge in [-0.25, -0.2) is 4.39 Å². The molecule has 2 N–H and O–H groups in total. The van der Waals surface area contributed by atoms with Crippen LogP contribution in [-0.4, -0.2) is 19.0 Å². The Labute approximate surface area is 138 Å². The first-order valence-corrected chi connectivity index (χ1v) is 7.85. The van der Waals surface area contributed by atoms with Crippen molar-refractivity contribution in [1.82, 2.24) is 5.32 Å². The minimum Gasteiger partial charge on any atom is -0.376 e. The molecule has 0 fully saturated rings. The van der Waals surface area contributed by atoms with Crippen LogP contribution in [0.25, 0.3) is 0 Å². The van der Waals surface area contributed by atoms with Gasteiger partial charge >= 0.3 is 0 Å². The number of amides is 1. The summed E-state index contributed by atoms with van der Waals surface area (Å²) >= 11 is 3.43. The Morgan fingerprint density at radius 1 is 1.23 bits per heavy atom. The first kappa shape index (κ1) is 16.5. The van der Waals surface area contributed by atoms with E-state index in [2.05, 4.69) is 26.6 Å². The first-order chi connectivity index (χ1) is 10.6. The van der Waals surface area contributed by atoms with Gasteiger partial charge < -0.3 is 10.6 Å². The summed E-state index contributed by atoms with van der Waals surface area (Å²) < 4.78 is 14.5. The van der Waals surface area contributed by atoms with Crippen LogP contribution in [0, 0.1) is 12.7 Å². The number of aryl methyl sites for hydroxylation is 1. The molecular formula is C17H18BrFN2O. The van der Waals surface area contributed by atoms with Gasteiger partial charge in [-0.2, -0.15) is 0 Å². The van der Waals surface area contributed by atoms with Crippen molar-refractivity contribution in [2.45, 2.75) is 13.3 Å². The summed E-state index contributed by atoms with van der Waals surface area (Å²) in [6.45, 7) is 2.60. The molecule has 0 aliphatic heterocycles. The van der Waals surface area contributed by atoms with Crippen LogP contribution >= 0.6 is 15.9 Å². The molecule has 1 amide bonds. The number of hydrogen-bond donors (Lipinski definition) is 2. The van der Waals surface area contributed by atoms with E-state index < -0.39 is 0 Å². The summed E-state index contributed by atoms with van der Waals surface area (Å²) in [5, 5.41) is 5.84. The third-order valence-corrected chi connectivity index (χ3v) is 4.18. The van der Waals surface area contributed by atoms with E-state index in [0.29, 0.717) is 18.5 Å². The molecule has 0 unspecified atom stereocenters. The molecule has 116 valence electrons. The Balaban J connectivity index is 1.74. The number of carbonyl (C=O) groups is 1. The lowest BCUT2D eigenvalue weighted by Gasteiger charge is -2.09. The Morgan fingerprint density at radius 3 is 2.73 bits per heavy atom. The van der Waals surface area contributed by atoms with E-state index in [9.17, 15) is 9.18 Å². The Bertz CT molecular complexity index is 661. The van der Waals surface area contributed by atoms with Crippen LogP contribution < -0.4 is 10.6 Å². The second-order valence-corrected chi connectivity index (χ2v) is 5.86. The van der Waals surface area contributed by atoms with Crippen LogP contribution in [0.3, 0.4) is 0 Å². The highest BCUT2D eigenvalue weighted by Gasteiger charge is 2.04. The zero-order valence-corrected chi connectivity index (χ0v) is 13.9. The van der Waals surface area contributed by atoms with Crippen LogP contribution in [0.5, 0.6) is 0 Å². The molecule has 2 aromatic carbocycles. The van der Waals surface area contributed by atoms with Crippen molar-refractivity contribution in [2.75, 3.05) is 18.4 Å². The zero-order valence-electron chi connectivity index (χ0n) is 12.3. The van der Waals surface area contributed by atoms with Gasteiger partial charge in [0.1, 0.15) is 5.82 Å². The summed E-state index contributed by atoms with van der Waals surface area (Å²) in [6, 6.07) is 12.4. The summed E-state index contributed by atoms with van der Waals surface area (Å²) in [5.74, 6) is -0.350. The molecule has 2 aromatic rings. The quantitative estimate of drug-likeness (QED) is 0.820. The SMILES string of the molecule is Cc1cc(NCC(=O)NCCc2ccccc2F)ccc1Br. The molecule has 2 rings (SSSR count). The van der Waals surface area contributed by atoms with Crippen molar-refractivity contribution in [3.05, 3.63) is 63.9 Å². The van der Waals surface area contributed by atoms with Crippen molar-refractivity contribution in [3.8, 4) is 0 Å². The van der Waals surface area contributed by atoms with Crippen molar-refractivity contribution in [3.63, 3.8) is 0 Å². The van der Waals surface area contributed by atoms with Crippen LogP contribution in [0.1, 0.15) is 11.1 Å². The normalized spacial score (nSPS) is 10.3. The Hall–Kier alpha value is -1.88. The van der Waals surface area contributed by atoms with E-state index in [0.717, 1.165) is 15.7 Å². The zero-order chi connectivity index (χ0) is 15.9. The number of anilines is 1. The third-order valence-electron chi connectivity index (χ3n) is 3.29. The van der Waals surface area contributed by atoms with Gasteiger partial charge in [-0.3, -0.25) is 4.79 Å². The topological polar surface area (TPSA) is 41.1 Å². The number of benzene rings is 2. The molecule has 0 saturated heterocycles. The van der Waals surface area contributed by atoms with Crippen molar-refractivity contribution >= 4 is 27.5 Å². The molecule has 0 spiro atoms. The van der Waals surface area contributed by atoms with E-state index in [1.807, 2.05) is 25.1 Å². The second-order valence-electron chi connectivity index (χ2n) is 5.01. The van der Waals surface area contributed by atoms with Gasteiger partial charge in [0.25, 0.3) is 0 Å². The highest BCUT2D eigenvalue weighted by Crippen LogP contribution is 2.19. The second kappa shape index (κ2) is 7.94. The largest absolute Gasteiger partial charge is 0.376 e. The molecular weight excluding hydrogens is 347 g/mol. The molecule has 0 saturated carbocycles. The maximum atomic E-state index is 13.4. The molecule has 22 heavy (non-hydrogen) atoms. The van der Waals surface area contributed by atoms with E-state index in [4.69, 9.17) is 0 Å². The molecule has 0 bridgehead atoms. The number of halogens is 2. The molecule has 3 nitrogen and oxygen atoms in total. The predicted octanol–water partition coefficient (Wildman–Crippen LogP) is 3.67. The van der Waals surface area contributed by atoms with Gasteiger partial charge in [-0.1, -0.05) is 34.1 Å². The molecule has 0 aliphatic rings. The van der Waals surface area contributed by atoms with E-state index in [-0.39, 0.29) is 18.3 Å². The fourth-order valence-electron chi connectivity index (χ4n) is 2.04. The van der Waals surface area contributed by atoms with Gasteiger partial charge in [-0.15, -0.1) is 0 Å². The van der Waals surface area contributed by atoms with Crippen LogP contribution in [-0.2, 0) is 11.2 Å². The molecule has 0 radical (unpaired) electrons. The highest BCUT2D eigenvalue weighted by atomic mass is 79.9. The van der Waals surface area contributed by atoms with Crippen molar-refractivity contribution in [1.29, 1.82) is 0 Å². The van der Waals surface area contributed by atoms with Gasteiger partial charge in [-0.05, 0) is 48.7 Å². The van der Waals surface area contributed by atoms with Gasteiger partial charge in [0.2, 0.25) is 5.91 Å². The lowest BCUT2D eigenvalue weighted by Crippen LogP contribution is -2.31. The monoisotopic (exact) mass is 364 g/mol. The average molecular weight is 365 g/mol. The van der Waals surface area contributed by atoms with Crippen LogP contribution in [0.2, 0.25) is 0 Å². The molecule has 5 heteroatoms. The van der Waals surface area contributed by atoms with Gasteiger partial charge in [0.15, 0.2) is 0 Å². The van der Waals surface area contributed by atoms with Crippen LogP contribution in [0.15, 0.2) is 46.9 Å². The fourth-order valence-corrected chi connectivity index (χ4v) is 2.28. The van der Waals surface area contributed by atoms with Gasteiger partial charge in [0, 0.05) is 16.7 Å². The molecule has 0 aliphatic carbocycles. The number of hydrogen-bond acceptors (Lipinski definition) is 2. The standard InChI is InChI=1S/C17H18BrFN2O/c1-12-10-14(6-7-15(12)18)21-11-17(22)20-9-8-13-4-2-3-5-16(13)19/h2-7,10,21H,8-9,11H2,1H3,(H,20,22). The Morgan fingerprint density at radius 2 is 2.00 bits per heavy atom.